The van der Waals surface area contributed by atoms with Crippen molar-refractivity contribution in [1.82, 2.24) is 20.6 Å². The molecule has 4 aromatic rings. The summed E-state index contributed by atoms with van der Waals surface area (Å²) in [4.78, 5) is 20.9. The summed E-state index contributed by atoms with van der Waals surface area (Å²) in [6.07, 6.45) is 4.70. The van der Waals surface area contributed by atoms with Gasteiger partial charge in [-0.05, 0) is 37.1 Å². The molecule has 11 heteroatoms. The van der Waals surface area contributed by atoms with Crippen LogP contribution in [-0.4, -0.2) is 43.3 Å². The third-order valence-corrected chi connectivity index (χ3v) is 7.07. The average molecular weight is 494 g/mol. The van der Waals surface area contributed by atoms with Gasteiger partial charge in [0.1, 0.15) is 23.4 Å². The van der Waals surface area contributed by atoms with Crippen molar-refractivity contribution in [2.75, 3.05) is 18.2 Å². The number of amides is 1. The van der Waals surface area contributed by atoms with Crippen LogP contribution in [0.2, 0.25) is 0 Å². The van der Waals surface area contributed by atoms with Crippen LogP contribution in [0, 0.1) is 0 Å². The largest absolute Gasteiger partial charge is 0.425 e. The summed E-state index contributed by atoms with van der Waals surface area (Å²) in [5.74, 6) is -0.665. The zero-order valence-electron chi connectivity index (χ0n) is 18.8. The fourth-order valence-corrected chi connectivity index (χ4v) is 4.98. The Hall–Kier alpha value is -3.96. The number of nitrogens with zero attached hydrogens (tertiary/aromatic N) is 2. The number of aromatic nitrogens is 2. The van der Waals surface area contributed by atoms with Crippen LogP contribution in [-0.2, 0) is 9.84 Å². The normalized spacial score (nSPS) is 13.5. The maximum absolute atomic E-state index is 13.4. The number of hydrogen-bond acceptors (Lipinski definition) is 9. The number of sulfone groups is 1. The molecule has 1 aliphatic carbocycles. The Balaban J connectivity index is 1.71. The lowest BCUT2D eigenvalue weighted by atomic mass is 10.1. The van der Waals surface area contributed by atoms with Gasteiger partial charge in [0, 0.05) is 31.0 Å². The molecule has 0 unspecified atom stereocenters. The monoisotopic (exact) mass is 493 g/mol. The number of ether oxygens (including phenoxy) is 1. The van der Waals surface area contributed by atoms with Crippen LogP contribution in [0.3, 0.4) is 0 Å². The first-order valence-corrected chi connectivity index (χ1v) is 12.6. The van der Waals surface area contributed by atoms with Crippen molar-refractivity contribution in [2.24, 2.45) is 0 Å². The summed E-state index contributed by atoms with van der Waals surface area (Å²) in [6.45, 7) is 0. The molecule has 1 saturated carbocycles. The number of rotatable bonds is 9. The Bertz CT molecular complexity index is 1470. The number of para-hydroxylation sites is 1. The van der Waals surface area contributed by atoms with Gasteiger partial charge in [-0.3, -0.25) is 4.79 Å². The van der Waals surface area contributed by atoms with Crippen LogP contribution >= 0.6 is 0 Å². The molecule has 5 rings (SSSR count). The Kier molecular flexibility index (Phi) is 6.10. The van der Waals surface area contributed by atoms with E-state index in [-0.39, 0.29) is 50.9 Å². The Morgan fingerprint density at radius 2 is 1.94 bits per heavy atom. The SMILES string of the molecule is CNC(=O)c1c(Oc2ccncn2)oc2ccc(S(=O)(=O)CNC3CC3)c(Nc3ccccc3)c12. The van der Waals surface area contributed by atoms with Gasteiger partial charge in [0.15, 0.2) is 9.84 Å². The first-order chi connectivity index (χ1) is 17.0. The number of benzene rings is 2. The Morgan fingerprint density at radius 3 is 2.63 bits per heavy atom. The van der Waals surface area contributed by atoms with E-state index < -0.39 is 15.7 Å². The first kappa shape index (κ1) is 22.8. The van der Waals surface area contributed by atoms with Gasteiger partial charge in [-0.15, -0.1) is 0 Å². The summed E-state index contributed by atoms with van der Waals surface area (Å²) in [7, 11) is -2.29. The quantitative estimate of drug-likeness (QED) is 0.319. The molecular formula is C24H23N5O5S. The average Bonchev–Trinajstić information content (AvgIpc) is 3.63. The smallest absolute Gasteiger partial charge is 0.305 e. The number of nitrogens with one attached hydrogen (secondary N) is 3. The Morgan fingerprint density at radius 1 is 1.14 bits per heavy atom. The molecule has 180 valence electrons. The second-order valence-corrected chi connectivity index (χ2v) is 9.99. The molecule has 0 radical (unpaired) electrons. The number of fused-ring (bicyclic) bond motifs is 1. The summed E-state index contributed by atoms with van der Waals surface area (Å²) < 4.78 is 38.4. The molecule has 2 aromatic heterocycles. The first-order valence-electron chi connectivity index (χ1n) is 11.0. The van der Waals surface area contributed by atoms with E-state index in [1.165, 1.54) is 37.8 Å². The molecule has 2 aromatic carbocycles. The molecule has 0 atom stereocenters. The molecule has 35 heavy (non-hydrogen) atoms. The predicted molar refractivity (Wildman–Crippen MR) is 130 cm³/mol. The third kappa shape index (κ3) is 4.81. The molecule has 1 aliphatic rings. The highest BCUT2D eigenvalue weighted by Crippen LogP contribution is 2.42. The second-order valence-electron chi connectivity index (χ2n) is 8.03. The topological polar surface area (TPSA) is 135 Å². The van der Waals surface area contributed by atoms with Crippen molar-refractivity contribution in [3.63, 3.8) is 0 Å². The van der Waals surface area contributed by atoms with Crippen molar-refractivity contribution < 1.29 is 22.4 Å². The highest BCUT2D eigenvalue weighted by Gasteiger charge is 2.31. The van der Waals surface area contributed by atoms with Crippen molar-refractivity contribution in [1.29, 1.82) is 0 Å². The molecule has 0 saturated heterocycles. The number of hydrogen-bond donors (Lipinski definition) is 3. The van der Waals surface area contributed by atoms with Crippen LogP contribution < -0.4 is 20.7 Å². The minimum absolute atomic E-state index is 0.0431. The van der Waals surface area contributed by atoms with E-state index in [1.54, 1.807) is 12.1 Å². The summed E-state index contributed by atoms with van der Waals surface area (Å²) in [5, 5.41) is 9.12. The van der Waals surface area contributed by atoms with Gasteiger partial charge in [-0.1, -0.05) is 18.2 Å². The lowest BCUT2D eigenvalue weighted by Gasteiger charge is -2.15. The van der Waals surface area contributed by atoms with E-state index in [9.17, 15) is 13.2 Å². The van der Waals surface area contributed by atoms with Gasteiger partial charge < -0.3 is 25.1 Å². The molecule has 0 bridgehead atoms. The van der Waals surface area contributed by atoms with Crippen molar-refractivity contribution >= 4 is 38.1 Å². The highest BCUT2D eigenvalue weighted by molar-refractivity contribution is 7.91. The van der Waals surface area contributed by atoms with E-state index in [4.69, 9.17) is 9.15 Å². The number of furan rings is 1. The van der Waals surface area contributed by atoms with Gasteiger partial charge in [0.2, 0.25) is 5.88 Å². The lowest BCUT2D eigenvalue weighted by molar-refractivity contribution is 0.0960. The van der Waals surface area contributed by atoms with Crippen molar-refractivity contribution in [3.8, 4) is 11.8 Å². The molecule has 1 amide bonds. The summed E-state index contributed by atoms with van der Waals surface area (Å²) in [6, 6.07) is 13.8. The minimum Gasteiger partial charge on any atom is -0.425 e. The van der Waals surface area contributed by atoms with Crippen LogP contribution in [0.15, 0.2) is 70.4 Å². The third-order valence-electron chi connectivity index (χ3n) is 5.51. The lowest BCUT2D eigenvalue weighted by Crippen LogP contribution is -2.25. The number of carbonyl (C=O) groups excluding carboxylic acids is 1. The number of carbonyl (C=O) groups is 1. The van der Waals surface area contributed by atoms with Crippen LogP contribution in [0.4, 0.5) is 11.4 Å². The molecule has 3 N–H and O–H groups in total. The van der Waals surface area contributed by atoms with Crippen LogP contribution in [0.5, 0.6) is 11.8 Å². The highest BCUT2D eigenvalue weighted by atomic mass is 32.2. The van der Waals surface area contributed by atoms with Crippen LogP contribution in [0.25, 0.3) is 11.0 Å². The molecule has 2 heterocycles. The van der Waals surface area contributed by atoms with E-state index >= 15 is 0 Å². The Labute approximate surface area is 201 Å². The molecule has 0 spiro atoms. The molecule has 1 fully saturated rings. The van der Waals surface area contributed by atoms with Gasteiger partial charge in [0.05, 0.1) is 16.0 Å². The van der Waals surface area contributed by atoms with Crippen LogP contribution in [0.1, 0.15) is 23.2 Å². The molecule has 10 nitrogen and oxygen atoms in total. The van der Waals surface area contributed by atoms with Crippen molar-refractivity contribution in [3.05, 3.63) is 66.6 Å². The second kappa shape index (κ2) is 9.35. The van der Waals surface area contributed by atoms with Crippen molar-refractivity contribution in [2.45, 2.75) is 23.8 Å². The van der Waals surface area contributed by atoms with E-state index in [0.717, 1.165) is 12.8 Å². The van der Waals surface area contributed by atoms with E-state index in [1.807, 2.05) is 18.2 Å². The fourth-order valence-electron chi connectivity index (χ4n) is 3.63. The molecule has 0 aliphatic heterocycles. The zero-order valence-corrected chi connectivity index (χ0v) is 19.6. The van der Waals surface area contributed by atoms with Gasteiger partial charge in [0.25, 0.3) is 5.91 Å². The maximum Gasteiger partial charge on any atom is 0.305 e. The number of anilines is 2. The van der Waals surface area contributed by atoms with E-state index in [0.29, 0.717) is 5.69 Å². The van der Waals surface area contributed by atoms with E-state index in [2.05, 4.69) is 25.9 Å². The maximum atomic E-state index is 13.4. The predicted octanol–water partition coefficient (Wildman–Crippen LogP) is 3.60. The molecular weight excluding hydrogens is 470 g/mol. The minimum atomic E-state index is -3.76. The zero-order chi connectivity index (χ0) is 24.4. The summed E-state index contributed by atoms with van der Waals surface area (Å²) in [5.41, 5.74) is 1.20. The standard InChI is InChI=1S/C24H23N5O5S/c1-25-23(30)21-20-17(33-24(21)34-19-11-12-26-13-27-19)9-10-18(35(31,32)14-28-15-7-8-15)22(20)29-16-5-3-2-4-6-16/h2-6,9-13,15,28-29H,7-8,14H2,1H3,(H,25,30). The summed E-state index contributed by atoms with van der Waals surface area (Å²) >= 11 is 0. The fraction of sp³-hybridized carbons (Fsp3) is 0.208. The van der Waals surface area contributed by atoms with Gasteiger partial charge in [-0.25, -0.2) is 18.4 Å². The van der Waals surface area contributed by atoms with Gasteiger partial charge >= 0.3 is 5.95 Å². The van der Waals surface area contributed by atoms with Gasteiger partial charge in [-0.2, -0.15) is 0 Å².